The number of aromatic nitrogens is 2. The summed E-state index contributed by atoms with van der Waals surface area (Å²) < 4.78 is 80.9. The average molecular weight is 429 g/mol. The number of halogens is 6. The van der Waals surface area contributed by atoms with Crippen molar-refractivity contribution in [1.82, 2.24) is 9.66 Å². The normalized spacial score (nSPS) is 12.2. The van der Waals surface area contributed by atoms with E-state index in [4.69, 9.17) is 0 Å². The zero-order chi connectivity index (χ0) is 22.3. The van der Waals surface area contributed by atoms with Gasteiger partial charge in [0.15, 0.2) is 0 Å². The fourth-order valence-corrected chi connectivity index (χ4v) is 2.79. The standard InChI is InChI=1S/C19H13F6N3O2/c1-18(21,22)17-26-15-12(3-2-4-13(15)19(23,24)25)16(30)28(17)27-14(29)9-10-5-7-11(20)8-6-10/h2-8H,9H2,1H3,(H,27,29). The number of hydrogen-bond acceptors (Lipinski definition) is 3. The van der Waals surface area contributed by atoms with E-state index in [0.29, 0.717) is 18.6 Å². The number of carbonyl (C=O) groups excluding carboxylic acids is 1. The van der Waals surface area contributed by atoms with Crippen LogP contribution in [0.15, 0.2) is 47.3 Å². The van der Waals surface area contributed by atoms with Gasteiger partial charge >= 0.3 is 12.1 Å². The van der Waals surface area contributed by atoms with Crippen LogP contribution in [0, 0.1) is 5.82 Å². The van der Waals surface area contributed by atoms with Crippen molar-refractivity contribution in [2.75, 3.05) is 5.43 Å². The Morgan fingerprint density at radius 2 is 1.70 bits per heavy atom. The largest absolute Gasteiger partial charge is 0.418 e. The van der Waals surface area contributed by atoms with Crippen LogP contribution in [0.5, 0.6) is 0 Å². The van der Waals surface area contributed by atoms with E-state index in [1.807, 2.05) is 5.43 Å². The highest BCUT2D eigenvalue weighted by Gasteiger charge is 2.37. The molecule has 1 aromatic heterocycles. The number of nitrogens with one attached hydrogen (secondary N) is 1. The lowest BCUT2D eigenvalue weighted by Gasteiger charge is -2.19. The zero-order valence-electron chi connectivity index (χ0n) is 15.2. The Hall–Kier alpha value is -3.37. The predicted molar refractivity (Wildman–Crippen MR) is 95.0 cm³/mol. The summed E-state index contributed by atoms with van der Waals surface area (Å²) in [5, 5.41) is -0.597. The number of benzene rings is 2. The SMILES string of the molecule is CC(F)(F)c1nc2c(C(F)(F)F)cccc2c(=O)n1NC(=O)Cc1ccc(F)cc1. The summed E-state index contributed by atoms with van der Waals surface area (Å²) in [6.07, 6.45) is -5.33. The Kier molecular flexibility index (Phi) is 5.31. The van der Waals surface area contributed by atoms with E-state index in [1.165, 1.54) is 12.1 Å². The van der Waals surface area contributed by atoms with Gasteiger partial charge in [0.05, 0.1) is 22.9 Å². The second-order valence-electron chi connectivity index (χ2n) is 6.50. The molecule has 0 saturated heterocycles. The van der Waals surface area contributed by atoms with Crippen LogP contribution in [0.1, 0.15) is 23.9 Å². The first kappa shape index (κ1) is 21.3. The van der Waals surface area contributed by atoms with Gasteiger partial charge in [-0.3, -0.25) is 15.0 Å². The molecule has 0 aliphatic rings. The smallest absolute Gasteiger partial charge is 0.273 e. The van der Waals surface area contributed by atoms with Crippen LogP contribution in [0.4, 0.5) is 26.3 Å². The molecule has 0 atom stereocenters. The second-order valence-corrected chi connectivity index (χ2v) is 6.50. The highest BCUT2D eigenvalue weighted by atomic mass is 19.4. The highest BCUT2D eigenvalue weighted by molar-refractivity contribution is 5.87. The summed E-state index contributed by atoms with van der Waals surface area (Å²) in [5.41, 5.74) is -1.33. The molecule has 1 amide bonds. The first-order chi connectivity index (χ1) is 13.9. The van der Waals surface area contributed by atoms with Crippen molar-refractivity contribution in [1.29, 1.82) is 0 Å². The van der Waals surface area contributed by atoms with Gasteiger partial charge in [0, 0.05) is 6.92 Å². The van der Waals surface area contributed by atoms with Gasteiger partial charge in [0.25, 0.3) is 5.56 Å². The van der Waals surface area contributed by atoms with E-state index < -0.39 is 58.1 Å². The van der Waals surface area contributed by atoms with E-state index in [9.17, 15) is 35.9 Å². The third kappa shape index (κ3) is 4.29. The monoisotopic (exact) mass is 429 g/mol. The fourth-order valence-electron chi connectivity index (χ4n) is 2.79. The molecule has 0 aliphatic heterocycles. The minimum absolute atomic E-state index is 0.133. The van der Waals surface area contributed by atoms with Crippen molar-refractivity contribution in [2.24, 2.45) is 0 Å². The van der Waals surface area contributed by atoms with Crippen LogP contribution in [-0.2, 0) is 23.3 Å². The number of rotatable bonds is 4. The zero-order valence-corrected chi connectivity index (χ0v) is 15.2. The molecule has 11 heteroatoms. The summed E-state index contributed by atoms with van der Waals surface area (Å²) in [4.78, 5) is 28.3. The Labute approximate surface area is 164 Å². The van der Waals surface area contributed by atoms with Crippen LogP contribution in [0.25, 0.3) is 10.9 Å². The van der Waals surface area contributed by atoms with Gasteiger partial charge in [-0.15, -0.1) is 0 Å². The molecule has 0 radical (unpaired) electrons. The molecule has 1 N–H and O–H groups in total. The van der Waals surface area contributed by atoms with Gasteiger partial charge in [-0.05, 0) is 29.8 Å². The van der Waals surface area contributed by atoms with E-state index in [0.717, 1.165) is 24.3 Å². The number of fused-ring (bicyclic) bond motifs is 1. The second kappa shape index (κ2) is 7.47. The van der Waals surface area contributed by atoms with Crippen LogP contribution >= 0.6 is 0 Å². The van der Waals surface area contributed by atoms with Gasteiger partial charge in [0.1, 0.15) is 5.82 Å². The predicted octanol–water partition coefficient (Wildman–Crippen LogP) is 3.98. The maximum atomic E-state index is 14.1. The van der Waals surface area contributed by atoms with Crippen molar-refractivity contribution < 1.29 is 31.1 Å². The summed E-state index contributed by atoms with van der Waals surface area (Å²) >= 11 is 0. The molecule has 3 aromatic rings. The minimum atomic E-state index is -4.93. The molecule has 0 aliphatic carbocycles. The van der Waals surface area contributed by atoms with Crippen molar-refractivity contribution in [3.05, 3.63) is 75.6 Å². The van der Waals surface area contributed by atoms with Gasteiger partial charge in [-0.2, -0.15) is 26.6 Å². The Balaban J connectivity index is 2.11. The average Bonchev–Trinajstić information content (AvgIpc) is 2.63. The van der Waals surface area contributed by atoms with Gasteiger partial charge in [-0.25, -0.2) is 9.37 Å². The van der Waals surface area contributed by atoms with Crippen molar-refractivity contribution in [2.45, 2.75) is 25.4 Å². The van der Waals surface area contributed by atoms with E-state index in [-0.39, 0.29) is 4.68 Å². The molecule has 30 heavy (non-hydrogen) atoms. The molecule has 0 saturated carbocycles. The summed E-state index contributed by atoms with van der Waals surface area (Å²) in [6.45, 7) is 0.333. The lowest BCUT2D eigenvalue weighted by Crippen LogP contribution is -2.40. The van der Waals surface area contributed by atoms with E-state index in [2.05, 4.69) is 4.98 Å². The molecule has 2 aromatic carbocycles. The number of alkyl halides is 5. The van der Waals surface area contributed by atoms with Crippen LogP contribution in [0.3, 0.4) is 0 Å². The van der Waals surface area contributed by atoms with E-state index in [1.54, 1.807) is 0 Å². The molecule has 5 nitrogen and oxygen atoms in total. The van der Waals surface area contributed by atoms with E-state index >= 15 is 0 Å². The van der Waals surface area contributed by atoms with Crippen LogP contribution in [0.2, 0.25) is 0 Å². The Bertz CT molecular complexity index is 1160. The van der Waals surface area contributed by atoms with Gasteiger partial charge in [0.2, 0.25) is 11.7 Å². The summed E-state index contributed by atoms with van der Waals surface area (Å²) in [5.74, 6) is -6.69. The molecule has 0 spiro atoms. The van der Waals surface area contributed by atoms with Crippen molar-refractivity contribution in [3.8, 4) is 0 Å². The van der Waals surface area contributed by atoms with Gasteiger partial charge < -0.3 is 0 Å². The Morgan fingerprint density at radius 1 is 1.07 bits per heavy atom. The number of nitrogens with zero attached hydrogens (tertiary/aromatic N) is 2. The number of hydrogen-bond donors (Lipinski definition) is 1. The molecule has 3 rings (SSSR count). The van der Waals surface area contributed by atoms with Gasteiger partial charge in [-0.1, -0.05) is 18.2 Å². The quantitative estimate of drug-likeness (QED) is 0.639. The first-order valence-corrected chi connectivity index (χ1v) is 8.43. The first-order valence-electron chi connectivity index (χ1n) is 8.43. The summed E-state index contributed by atoms with van der Waals surface area (Å²) in [6, 6.07) is 7.25. The molecule has 158 valence electrons. The third-order valence-corrected chi connectivity index (χ3v) is 4.11. The Morgan fingerprint density at radius 3 is 2.27 bits per heavy atom. The fraction of sp³-hybridized carbons (Fsp3) is 0.211. The molecule has 0 fully saturated rings. The minimum Gasteiger partial charge on any atom is -0.273 e. The van der Waals surface area contributed by atoms with Crippen molar-refractivity contribution in [3.63, 3.8) is 0 Å². The number of para-hydroxylation sites is 1. The van der Waals surface area contributed by atoms with Crippen LogP contribution in [-0.4, -0.2) is 15.6 Å². The third-order valence-electron chi connectivity index (χ3n) is 4.11. The molecule has 0 unspecified atom stereocenters. The molecular weight excluding hydrogens is 416 g/mol. The van der Waals surface area contributed by atoms with Crippen molar-refractivity contribution >= 4 is 16.8 Å². The molecular formula is C19H13F6N3O2. The molecule has 0 bridgehead atoms. The topological polar surface area (TPSA) is 64.0 Å². The van der Waals surface area contributed by atoms with Crippen LogP contribution < -0.4 is 11.0 Å². The summed E-state index contributed by atoms with van der Waals surface area (Å²) in [7, 11) is 0. The number of carbonyl (C=O) groups is 1. The number of amides is 1. The maximum absolute atomic E-state index is 14.1. The molecule has 1 heterocycles. The lowest BCUT2D eigenvalue weighted by molar-refractivity contribution is -0.136. The maximum Gasteiger partial charge on any atom is 0.418 e. The highest BCUT2D eigenvalue weighted by Crippen LogP contribution is 2.34. The lowest BCUT2D eigenvalue weighted by atomic mass is 10.1.